The van der Waals surface area contributed by atoms with E-state index in [2.05, 4.69) is 10.6 Å². The Morgan fingerprint density at radius 3 is 2.14 bits per heavy atom. The van der Waals surface area contributed by atoms with Crippen molar-refractivity contribution >= 4 is 40.3 Å². The molecule has 4 heterocycles. The molecule has 6 N–H and O–H groups in total. The summed E-state index contributed by atoms with van der Waals surface area (Å²) in [5.41, 5.74) is -4.01. The molecule has 0 amide bonds. The summed E-state index contributed by atoms with van der Waals surface area (Å²) in [5, 5.41) is 51.6. The molecule has 3 aliphatic heterocycles. The molecule has 0 radical (unpaired) electrons. The number of anilines is 1. The number of aliphatic hydroxyl groups excluding tert-OH is 2. The minimum atomic E-state index is -2.03. The number of benzene rings is 1. The predicted octanol–water partition coefficient (Wildman–Crippen LogP) is 4.12. The van der Waals surface area contributed by atoms with Gasteiger partial charge in [0, 0.05) is 87.9 Å². The number of cyclic esters (lactones) is 1. The summed E-state index contributed by atoms with van der Waals surface area (Å²) in [5.74, 6) is -6.62. The largest absolute Gasteiger partial charge is 0.477 e. The number of carboxylic acids is 1. The van der Waals surface area contributed by atoms with E-state index in [1.807, 2.05) is 39.8 Å². The smallest absolute Gasteiger partial charge is 0.341 e. The fourth-order valence-corrected chi connectivity index (χ4v) is 11.5. The number of Topliss-reactive ketones (excluding diaryl/α,β-unsaturated/α-hetero) is 1. The summed E-state index contributed by atoms with van der Waals surface area (Å²) in [6, 6.07) is 4.79. The van der Waals surface area contributed by atoms with Crippen molar-refractivity contribution in [1.82, 2.24) is 14.8 Å². The highest BCUT2D eigenvalue weighted by atomic mass is 16.7. The summed E-state index contributed by atoms with van der Waals surface area (Å²) < 4.78 is 53.0. The van der Waals surface area contributed by atoms with Crippen LogP contribution in [0.25, 0.3) is 10.9 Å². The van der Waals surface area contributed by atoms with E-state index in [-0.39, 0.29) is 55.7 Å². The number of methoxy groups -OCH3 is 2. The lowest BCUT2D eigenvalue weighted by atomic mass is 9.74. The maximum absolute atomic E-state index is 14.6. The van der Waals surface area contributed by atoms with Gasteiger partial charge in [-0.15, -0.1) is 0 Å². The number of ether oxygens (including phenoxy) is 8. The van der Waals surface area contributed by atoms with Crippen LogP contribution in [-0.2, 0) is 58.8 Å². The number of nitrogens with one attached hydrogen (secondary N) is 2. The van der Waals surface area contributed by atoms with E-state index in [9.17, 15) is 44.4 Å². The third-order valence-corrected chi connectivity index (χ3v) is 16.3. The van der Waals surface area contributed by atoms with Crippen molar-refractivity contribution < 1.29 is 77.5 Å². The van der Waals surface area contributed by atoms with E-state index < -0.39 is 119 Å². The van der Waals surface area contributed by atoms with Crippen LogP contribution in [0.15, 0.2) is 29.2 Å². The predicted molar refractivity (Wildman–Crippen MR) is 282 cm³/mol. The number of hydrogen-bond acceptors (Lipinski definition) is 19. The van der Waals surface area contributed by atoms with Crippen LogP contribution in [-0.4, -0.2) is 186 Å². The van der Waals surface area contributed by atoms with E-state index in [1.165, 1.54) is 34.3 Å². The fraction of sp³-hybridized carbons (Fsp3) is 0.764. The van der Waals surface area contributed by atoms with Gasteiger partial charge in [0.1, 0.15) is 34.8 Å². The number of carboxylic acid groups (broad SMARTS) is 1. The number of hydrogen-bond donors (Lipinski definition) is 6. The Labute approximate surface area is 447 Å². The first-order valence-corrected chi connectivity index (χ1v) is 26.8. The molecule has 430 valence electrons. The highest BCUT2D eigenvalue weighted by Gasteiger charge is 2.55. The Kier molecular flexibility index (Phi) is 21.6. The third kappa shape index (κ3) is 14.0. The SMILES string of the molecule is CC[C@H]1OC(=O)[C@H](C)[C@@H](O[C@H]2C[C@@](C)(OC)[C@@H](OC(=O)CCNCCNc3ccc4c(=O)c(C(=O)O)cn(CC)c4c3)[C@H](C)O2)[C@H](C)[C@@H](O[C@@H]2O[C@H](C)C[C@H](N(C)C)[C@H]2O)[C@](C)(OC)C[C@@H](C)C(=O)[C@H](C)[C@@H](O)[C@]1(C)O. The number of nitrogens with zero attached hydrogens (tertiary/aromatic N) is 2. The van der Waals surface area contributed by atoms with Gasteiger partial charge in [-0.2, -0.15) is 0 Å². The van der Waals surface area contributed by atoms with Gasteiger partial charge in [0.2, 0.25) is 5.43 Å². The zero-order valence-corrected chi connectivity index (χ0v) is 47.3. The molecular formula is C55H88N4O17. The number of aromatic carboxylic acids is 1. The Balaban J connectivity index is 1.35. The average Bonchev–Trinajstić information content (AvgIpc) is 3.37. The number of aryl methyl sites for hydroxylation is 1. The molecule has 5 rings (SSSR count). The van der Waals surface area contributed by atoms with Crippen molar-refractivity contribution in [2.75, 3.05) is 53.3 Å². The van der Waals surface area contributed by atoms with E-state index in [4.69, 9.17) is 37.9 Å². The van der Waals surface area contributed by atoms with Gasteiger partial charge in [0.05, 0.1) is 54.0 Å². The number of esters is 2. The summed E-state index contributed by atoms with van der Waals surface area (Å²) in [4.78, 5) is 68.5. The van der Waals surface area contributed by atoms with Gasteiger partial charge in [0.15, 0.2) is 18.7 Å². The molecule has 0 spiro atoms. The van der Waals surface area contributed by atoms with Crippen LogP contribution >= 0.6 is 0 Å². The van der Waals surface area contributed by atoms with Crippen molar-refractivity contribution in [2.24, 2.45) is 23.7 Å². The number of rotatable bonds is 18. The molecule has 18 atom stereocenters. The van der Waals surface area contributed by atoms with Crippen LogP contribution in [0.5, 0.6) is 0 Å². The molecule has 0 aliphatic carbocycles. The first kappa shape index (κ1) is 62.7. The molecule has 1 aromatic heterocycles. The Morgan fingerprint density at radius 2 is 1.54 bits per heavy atom. The summed E-state index contributed by atoms with van der Waals surface area (Å²) in [7, 11) is 6.72. The lowest BCUT2D eigenvalue weighted by molar-refractivity contribution is -0.320. The summed E-state index contributed by atoms with van der Waals surface area (Å²) in [6.45, 7) is 20.5. The summed E-state index contributed by atoms with van der Waals surface area (Å²) >= 11 is 0. The number of ketones is 1. The molecule has 0 unspecified atom stereocenters. The van der Waals surface area contributed by atoms with Crippen LogP contribution < -0.4 is 16.1 Å². The molecule has 21 nitrogen and oxygen atoms in total. The van der Waals surface area contributed by atoms with Crippen LogP contribution in [0.4, 0.5) is 5.69 Å². The van der Waals surface area contributed by atoms with Gasteiger partial charge in [-0.25, -0.2) is 4.79 Å². The van der Waals surface area contributed by atoms with Crippen molar-refractivity contribution in [1.29, 1.82) is 0 Å². The molecular weight excluding hydrogens is 989 g/mol. The van der Waals surface area contributed by atoms with E-state index in [0.717, 1.165) is 5.69 Å². The summed E-state index contributed by atoms with van der Waals surface area (Å²) in [6.07, 6.45) is -8.24. The Morgan fingerprint density at radius 1 is 0.882 bits per heavy atom. The highest BCUT2D eigenvalue weighted by Crippen LogP contribution is 2.42. The van der Waals surface area contributed by atoms with Gasteiger partial charge in [-0.1, -0.05) is 27.7 Å². The molecule has 76 heavy (non-hydrogen) atoms. The molecule has 3 saturated heterocycles. The minimum absolute atomic E-state index is 0.0196. The normalized spacial score (nSPS) is 37.1. The molecule has 21 heteroatoms. The van der Waals surface area contributed by atoms with Crippen molar-refractivity contribution in [3.63, 3.8) is 0 Å². The first-order valence-electron chi connectivity index (χ1n) is 26.8. The van der Waals surface area contributed by atoms with Gasteiger partial charge in [0.25, 0.3) is 0 Å². The molecule has 2 aromatic rings. The van der Waals surface area contributed by atoms with E-state index >= 15 is 0 Å². The maximum atomic E-state index is 14.6. The first-order chi connectivity index (χ1) is 35.6. The zero-order valence-electron chi connectivity index (χ0n) is 47.3. The second-order valence-electron chi connectivity index (χ2n) is 22.2. The molecule has 1 aromatic carbocycles. The second-order valence-corrected chi connectivity index (χ2v) is 22.2. The number of pyridine rings is 1. The number of aliphatic hydroxyl groups is 3. The van der Waals surface area contributed by atoms with Crippen molar-refractivity contribution in [3.05, 3.63) is 40.2 Å². The maximum Gasteiger partial charge on any atom is 0.341 e. The van der Waals surface area contributed by atoms with Gasteiger partial charge >= 0.3 is 17.9 Å². The van der Waals surface area contributed by atoms with Crippen molar-refractivity contribution in [3.8, 4) is 0 Å². The van der Waals surface area contributed by atoms with E-state index in [1.54, 1.807) is 64.3 Å². The number of likely N-dealkylation sites (N-methyl/N-ethyl adjacent to an activating group) is 1. The Hall–Kier alpha value is -4.13. The topological polar surface area (TPSA) is 272 Å². The number of fused-ring (bicyclic) bond motifs is 1. The van der Waals surface area contributed by atoms with E-state index in [0.29, 0.717) is 37.0 Å². The molecule has 3 fully saturated rings. The average molecular weight is 1080 g/mol. The Bertz CT molecular complexity index is 2370. The molecule has 0 saturated carbocycles. The number of carbonyl (C=O) groups is 4. The van der Waals surface area contributed by atoms with Gasteiger partial charge < -0.3 is 78.4 Å². The second kappa shape index (κ2) is 26.2. The number of aromatic nitrogens is 1. The standard InChI is InChI=1S/C55H88N4O17/c1-16-40-55(11,68)47(64)31(5)43(61)29(3)26-53(9,69-14)48(76-52-45(63)39(58(12)13)24-30(4)71-52)32(6)46(33(7)51(67)73-40)75-42-27-54(10,70-15)49(34(8)72-42)74-41(60)20-21-56-22-23-57-35-18-19-36-38(25-35)59(17-2)28-37(44(36)62)50(65)66/h18-19,25,28-34,39-40,42,45-49,52,56-57,63-64,68H,16-17,20-24,26-27H2,1-15H3,(H,65,66)/t29-,30-,31+,32+,33-,34+,39+,40-,42+,45-,46+,47-,48-,49+,52+,53-,54-,55-/m1/s1. The van der Waals surface area contributed by atoms with Gasteiger partial charge in [-0.05, 0) is 100 Å². The number of carbonyl (C=O) groups excluding carboxylic acids is 3. The monoisotopic (exact) mass is 1080 g/mol. The zero-order chi connectivity index (χ0) is 56.8. The van der Waals surface area contributed by atoms with Crippen LogP contribution in [0.1, 0.15) is 119 Å². The van der Waals surface area contributed by atoms with Crippen molar-refractivity contribution in [2.45, 2.75) is 199 Å². The van der Waals surface area contributed by atoms with Crippen LogP contribution in [0, 0.1) is 23.7 Å². The lowest BCUT2D eigenvalue weighted by Crippen LogP contribution is -2.61. The highest BCUT2D eigenvalue weighted by molar-refractivity contribution is 5.93. The lowest BCUT2D eigenvalue weighted by Gasteiger charge is -2.50. The fourth-order valence-electron chi connectivity index (χ4n) is 11.5. The van der Waals surface area contributed by atoms with Crippen LogP contribution in [0.2, 0.25) is 0 Å². The van der Waals surface area contributed by atoms with Gasteiger partial charge in [-0.3, -0.25) is 19.2 Å². The minimum Gasteiger partial charge on any atom is -0.477 e. The third-order valence-electron chi connectivity index (χ3n) is 16.3. The quantitative estimate of drug-likeness (QED) is 0.0905. The van der Waals surface area contributed by atoms with Crippen LogP contribution in [0.3, 0.4) is 0 Å². The molecule has 3 aliphatic rings. The molecule has 0 bridgehead atoms.